The Morgan fingerprint density at radius 3 is 2.62 bits per heavy atom. The zero-order valence-electron chi connectivity index (χ0n) is 12.5. The molecule has 3 amide bonds. The normalized spacial score (nSPS) is 20.4. The first-order valence-electron chi connectivity index (χ1n) is 7.50. The number of carbonyl (C=O) groups excluding carboxylic acids is 2. The van der Waals surface area contributed by atoms with Gasteiger partial charge in [0.15, 0.2) is 0 Å². The summed E-state index contributed by atoms with van der Waals surface area (Å²) in [7, 11) is 0. The van der Waals surface area contributed by atoms with E-state index in [9.17, 15) is 14.4 Å². The van der Waals surface area contributed by atoms with Crippen molar-refractivity contribution in [2.24, 2.45) is 11.7 Å². The standard InChI is InChI=1S/C14H25N3O4/c1-2-10-4-3-8-17(9-7-10)14(21)16-11(13(19)20)5-6-12(15)18/h10-11H,2-9H2,1H3,(H2,15,18)(H,16,21)(H,19,20)/t10?,11-/m1/s1. The van der Waals surface area contributed by atoms with Crippen molar-refractivity contribution < 1.29 is 19.5 Å². The number of carbonyl (C=O) groups is 3. The number of primary amides is 1. The van der Waals surface area contributed by atoms with E-state index in [1.54, 1.807) is 4.90 Å². The van der Waals surface area contributed by atoms with Gasteiger partial charge in [-0.1, -0.05) is 13.3 Å². The van der Waals surface area contributed by atoms with Crippen LogP contribution in [0.15, 0.2) is 0 Å². The second kappa shape index (κ2) is 8.49. The first-order chi connectivity index (χ1) is 9.93. The van der Waals surface area contributed by atoms with Gasteiger partial charge in [0.2, 0.25) is 5.91 Å². The molecule has 0 aromatic carbocycles. The van der Waals surface area contributed by atoms with Crippen molar-refractivity contribution in [1.29, 1.82) is 0 Å². The molecule has 7 heteroatoms. The number of amides is 3. The van der Waals surface area contributed by atoms with E-state index >= 15 is 0 Å². The maximum atomic E-state index is 12.1. The van der Waals surface area contributed by atoms with Gasteiger partial charge in [0.25, 0.3) is 0 Å². The van der Waals surface area contributed by atoms with Gasteiger partial charge in [-0.15, -0.1) is 0 Å². The summed E-state index contributed by atoms with van der Waals surface area (Å²) < 4.78 is 0. The molecular formula is C14H25N3O4. The summed E-state index contributed by atoms with van der Waals surface area (Å²) in [6.07, 6.45) is 4.04. The Balaban J connectivity index is 2.52. The minimum Gasteiger partial charge on any atom is -0.480 e. The molecule has 1 fully saturated rings. The highest BCUT2D eigenvalue weighted by Gasteiger charge is 2.25. The molecule has 120 valence electrons. The Morgan fingerprint density at radius 1 is 1.33 bits per heavy atom. The van der Waals surface area contributed by atoms with Gasteiger partial charge >= 0.3 is 12.0 Å². The number of hydrogen-bond donors (Lipinski definition) is 3. The minimum atomic E-state index is -1.15. The van der Waals surface area contributed by atoms with Crippen LogP contribution in [0.25, 0.3) is 0 Å². The molecule has 1 heterocycles. The monoisotopic (exact) mass is 299 g/mol. The Morgan fingerprint density at radius 2 is 2.05 bits per heavy atom. The predicted octanol–water partition coefficient (Wildman–Crippen LogP) is 0.927. The average molecular weight is 299 g/mol. The number of aliphatic carboxylic acids is 1. The fourth-order valence-electron chi connectivity index (χ4n) is 2.56. The highest BCUT2D eigenvalue weighted by molar-refractivity contribution is 5.83. The van der Waals surface area contributed by atoms with Crippen LogP contribution in [-0.2, 0) is 9.59 Å². The number of carboxylic acid groups (broad SMARTS) is 1. The molecule has 1 saturated heterocycles. The Kier molecular flexibility index (Phi) is 6.98. The summed E-state index contributed by atoms with van der Waals surface area (Å²) in [5.41, 5.74) is 5.01. The van der Waals surface area contributed by atoms with Gasteiger partial charge in [-0.3, -0.25) is 4.79 Å². The van der Waals surface area contributed by atoms with Crippen LogP contribution in [0.5, 0.6) is 0 Å². The summed E-state index contributed by atoms with van der Waals surface area (Å²) in [6.45, 7) is 3.43. The van der Waals surface area contributed by atoms with Gasteiger partial charge in [-0.25, -0.2) is 9.59 Å². The molecule has 4 N–H and O–H groups in total. The van der Waals surface area contributed by atoms with Crippen molar-refractivity contribution in [2.75, 3.05) is 13.1 Å². The third-order valence-corrected chi connectivity index (χ3v) is 3.99. The molecule has 0 radical (unpaired) electrons. The molecule has 1 aliphatic heterocycles. The lowest BCUT2D eigenvalue weighted by Gasteiger charge is -2.23. The molecule has 7 nitrogen and oxygen atoms in total. The van der Waals surface area contributed by atoms with E-state index in [2.05, 4.69) is 12.2 Å². The predicted molar refractivity (Wildman–Crippen MR) is 77.6 cm³/mol. The third-order valence-electron chi connectivity index (χ3n) is 3.99. The smallest absolute Gasteiger partial charge is 0.326 e. The molecule has 0 spiro atoms. The molecule has 0 aromatic heterocycles. The Bertz CT molecular complexity index is 386. The summed E-state index contributed by atoms with van der Waals surface area (Å²) in [5, 5.41) is 11.6. The van der Waals surface area contributed by atoms with Crippen LogP contribution in [-0.4, -0.2) is 47.0 Å². The summed E-state index contributed by atoms with van der Waals surface area (Å²) in [6, 6.07) is -1.45. The molecule has 0 aromatic rings. The molecular weight excluding hydrogens is 274 g/mol. The van der Waals surface area contributed by atoms with E-state index < -0.39 is 17.9 Å². The number of hydrogen-bond acceptors (Lipinski definition) is 3. The minimum absolute atomic E-state index is 0.0157. The SMILES string of the molecule is CCC1CCCN(C(=O)N[C@H](CCC(N)=O)C(=O)O)CC1. The molecule has 21 heavy (non-hydrogen) atoms. The van der Waals surface area contributed by atoms with Crippen molar-refractivity contribution in [1.82, 2.24) is 10.2 Å². The zero-order chi connectivity index (χ0) is 15.8. The lowest BCUT2D eigenvalue weighted by molar-refractivity contribution is -0.139. The Hall–Kier alpha value is -1.79. The maximum Gasteiger partial charge on any atom is 0.326 e. The number of urea groups is 1. The van der Waals surface area contributed by atoms with Gasteiger partial charge in [0, 0.05) is 19.5 Å². The summed E-state index contributed by atoms with van der Waals surface area (Å²) >= 11 is 0. The first kappa shape index (κ1) is 17.3. The highest BCUT2D eigenvalue weighted by atomic mass is 16.4. The van der Waals surface area contributed by atoms with Crippen molar-refractivity contribution in [3.63, 3.8) is 0 Å². The number of carboxylic acids is 1. The number of rotatable bonds is 6. The van der Waals surface area contributed by atoms with Crippen molar-refractivity contribution in [2.45, 2.75) is 51.5 Å². The van der Waals surface area contributed by atoms with E-state index in [4.69, 9.17) is 10.8 Å². The quantitative estimate of drug-likeness (QED) is 0.677. The van der Waals surface area contributed by atoms with E-state index in [-0.39, 0.29) is 18.9 Å². The van der Waals surface area contributed by atoms with Gasteiger partial charge in [0.1, 0.15) is 6.04 Å². The van der Waals surface area contributed by atoms with Gasteiger partial charge in [0.05, 0.1) is 0 Å². The van der Waals surface area contributed by atoms with Crippen molar-refractivity contribution in [3.05, 3.63) is 0 Å². The second-order valence-electron chi connectivity index (χ2n) is 5.54. The number of likely N-dealkylation sites (tertiary alicyclic amines) is 1. The summed E-state index contributed by atoms with van der Waals surface area (Å²) in [5.74, 6) is -1.09. The Labute approximate surface area is 124 Å². The fourth-order valence-corrected chi connectivity index (χ4v) is 2.56. The van der Waals surface area contributed by atoms with Crippen LogP contribution in [0.1, 0.15) is 45.4 Å². The average Bonchev–Trinajstić information content (AvgIpc) is 2.67. The topological polar surface area (TPSA) is 113 Å². The number of nitrogens with two attached hydrogens (primary N) is 1. The van der Waals surface area contributed by atoms with Crippen LogP contribution >= 0.6 is 0 Å². The van der Waals surface area contributed by atoms with E-state index in [0.717, 1.165) is 25.7 Å². The lowest BCUT2D eigenvalue weighted by atomic mass is 9.98. The molecule has 0 bridgehead atoms. The number of nitrogens with zero attached hydrogens (tertiary/aromatic N) is 1. The highest BCUT2D eigenvalue weighted by Crippen LogP contribution is 2.20. The molecule has 2 atom stereocenters. The molecule has 1 rings (SSSR count). The maximum absolute atomic E-state index is 12.1. The first-order valence-corrected chi connectivity index (χ1v) is 7.50. The molecule has 1 unspecified atom stereocenters. The van der Waals surface area contributed by atoms with E-state index in [1.807, 2.05) is 0 Å². The second-order valence-corrected chi connectivity index (χ2v) is 5.54. The lowest BCUT2D eigenvalue weighted by Crippen LogP contribution is -2.48. The third kappa shape index (κ3) is 6.01. The van der Waals surface area contributed by atoms with Crippen LogP contribution in [0.4, 0.5) is 4.79 Å². The van der Waals surface area contributed by atoms with Gasteiger partial charge in [-0.05, 0) is 31.6 Å². The van der Waals surface area contributed by atoms with Crippen molar-refractivity contribution >= 4 is 17.9 Å². The molecule has 0 saturated carbocycles. The molecule has 0 aliphatic carbocycles. The van der Waals surface area contributed by atoms with Crippen LogP contribution in [0, 0.1) is 5.92 Å². The number of nitrogens with one attached hydrogen (secondary N) is 1. The molecule has 1 aliphatic rings. The van der Waals surface area contributed by atoms with Crippen LogP contribution in [0.3, 0.4) is 0 Å². The van der Waals surface area contributed by atoms with E-state index in [0.29, 0.717) is 19.0 Å². The largest absolute Gasteiger partial charge is 0.480 e. The zero-order valence-corrected chi connectivity index (χ0v) is 12.5. The fraction of sp³-hybridized carbons (Fsp3) is 0.786. The van der Waals surface area contributed by atoms with Gasteiger partial charge < -0.3 is 21.1 Å². The van der Waals surface area contributed by atoms with Crippen LogP contribution in [0.2, 0.25) is 0 Å². The van der Waals surface area contributed by atoms with Crippen molar-refractivity contribution in [3.8, 4) is 0 Å². The van der Waals surface area contributed by atoms with E-state index in [1.165, 1.54) is 0 Å². The van der Waals surface area contributed by atoms with Crippen LogP contribution < -0.4 is 11.1 Å². The van der Waals surface area contributed by atoms with Gasteiger partial charge in [-0.2, -0.15) is 0 Å². The summed E-state index contributed by atoms with van der Waals surface area (Å²) in [4.78, 5) is 35.6.